The molecule has 0 unspecified atom stereocenters. The lowest BCUT2D eigenvalue weighted by Gasteiger charge is -2.18. The first kappa shape index (κ1) is 10.8. The summed E-state index contributed by atoms with van der Waals surface area (Å²) >= 11 is 0. The Hall–Kier alpha value is -0.160. The lowest BCUT2D eigenvalue weighted by molar-refractivity contribution is -0.124. The molecule has 0 bridgehead atoms. The second-order valence-electron chi connectivity index (χ2n) is 2.23. The lowest BCUT2D eigenvalue weighted by Crippen LogP contribution is -2.29. The Labute approximate surface area is 67.6 Å². The van der Waals surface area contributed by atoms with Gasteiger partial charge in [0.1, 0.15) is 0 Å². The van der Waals surface area contributed by atoms with Gasteiger partial charge in [-0.05, 0) is 0 Å². The van der Waals surface area contributed by atoms with Crippen LogP contribution in [0.2, 0.25) is 0 Å². The molecule has 1 atom stereocenters. The second kappa shape index (κ2) is 6.54. The molecule has 0 aromatic carbocycles. The first-order valence-electron chi connectivity index (χ1n) is 3.56. The van der Waals surface area contributed by atoms with Crippen molar-refractivity contribution in [2.75, 3.05) is 27.9 Å². The summed E-state index contributed by atoms with van der Waals surface area (Å²) < 4.78 is 15.0. The highest BCUT2D eigenvalue weighted by Crippen LogP contribution is 2.03. The standard InChI is InChI=1S/C7H17NO3/c1-9-6(5-8)4-7(10-2)11-3/h6-7H,4-5,8H2,1-3H3/t6-/m1/s1. The molecule has 0 amide bonds. The normalized spacial score (nSPS) is 13.9. The van der Waals surface area contributed by atoms with Crippen molar-refractivity contribution in [3.8, 4) is 0 Å². The van der Waals surface area contributed by atoms with Crippen molar-refractivity contribution >= 4 is 0 Å². The van der Waals surface area contributed by atoms with Crippen molar-refractivity contribution in [1.82, 2.24) is 0 Å². The quantitative estimate of drug-likeness (QED) is 0.559. The molecular weight excluding hydrogens is 146 g/mol. The molecule has 0 spiro atoms. The summed E-state index contributed by atoms with van der Waals surface area (Å²) in [5, 5.41) is 0. The van der Waals surface area contributed by atoms with Crippen molar-refractivity contribution in [1.29, 1.82) is 0 Å². The van der Waals surface area contributed by atoms with Crippen LogP contribution in [0, 0.1) is 0 Å². The summed E-state index contributed by atoms with van der Waals surface area (Å²) in [6.07, 6.45) is 0.461. The third-order valence-electron chi connectivity index (χ3n) is 1.58. The average molecular weight is 163 g/mol. The fourth-order valence-electron chi connectivity index (χ4n) is 0.792. The summed E-state index contributed by atoms with van der Waals surface area (Å²) in [5.41, 5.74) is 5.40. The zero-order valence-corrected chi connectivity index (χ0v) is 7.37. The SMILES string of the molecule is COC(C[C@H](CN)OC)OC. The third kappa shape index (κ3) is 4.31. The van der Waals surface area contributed by atoms with Gasteiger partial charge in [0.25, 0.3) is 0 Å². The average Bonchev–Trinajstić information content (AvgIpc) is 2.07. The van der Waals surface area contributed by atoms with Crippen LogP contribution in [0.3, 0.4) is 0 Å². The molecule has 0 heterocycles. The maximum absolute atomic E-state index is 5.40. The molecule has 4 nitrogen and oxygen atoms in total. The monoisotopic (exact) mass is 163 g/mol. The Morgan fingerprint density at radius 3 is 1.91 bits per heavy atom. The van der Waals surface area contributed by atoms with Crippen LogP contribution in [-0.4, -0.2) is 40.3 Å². The van der Waals surface area contributed by atoms with Crippen LogP contribution < -0.4 is 5.73 Å². The molecule has 0 aliphatic carbocycles. The minimum atomic E-state index is -0.219. The van der Waals surface area contributed by atoms with Gasteiger partial charge in [0.05, 0.1) is 6.10 Å². The topological polar surface area (TPSA) is 53.7 Å². The number of hydrogen-bond acceptors (Lipinski definition) is 4. The molecule has 0 radical (unpaired) electrons. The summed E-state index contributed by atoms with van der Waals surface area (Å²) in [6.45, 7) is 0.486. The maximum atomic E-state index is 5.40. The van der Waals surface area contributed by atoms with E-state index in [1.807, 2.05) is 0 Å². The van der Waals surface area contributed by atoms with Gasteiger partial charge in [0, 0.05) is 34.3 Å². The van der Waals surface area contributed by atoms with Crippen LogP contribution in [0.5, 0.6) is 0 Å². The predicted molar refractivity (Wildman–Crippen MR) is 42.3 cm³/mol. The molecule has 4 heteroatoms. The van der Waals surface area contributed by atoms with Crippen LogP contribution in [0.15, 0.2) is 0 Å². The van der Waals surface area contributed by atoms with Crippen LogP contribution in [-0.2, 0) is 14.2 Å². The van der Waals surface area contributed by atoms with E-state index in [0.717, 1.165) is 0 Å². The van der Waals surface area contributed by atoms with Gasteiger partial charge in [0.2, 0.25) is 0 Å². The molecule has 2 N–H and O–H groups in total. The van der Waals surface area contributed by atoms with Crippen LogP contribution in [0.25, 0.3) is 0 Å². The highest BCUT2D eigenvalue weighted by atomic mass is 16.7. The van der Waals surface area contributed by atoms with Gasteiger partial charge < -0.3 is 19.9 Å². The van der Waals surface area contributed by atoms with Crippen molar-refractivity contribution in [3.63, 3.8) is 0 Å². The molecule has 0 saturated heterocycles. The number of methoxy groups -OCH3 is 3. The van der Waals surface area contributed by atoms with Crippen molar-refractivity contribution in [3.05, 3.63) is 0 Å². The van der Waals surface area contributed by atoms with E-state index < -0.39 is 0 Å². The van der Waals surface area contributed by atoms with Crippen LogP contribution in [0.4, 0.5) is 0 Å². The first-order chi connectivity index (χ1) is 5.28. The number of nitrogens with two attached hydrogens (primary N) is 1. The highest BCUT2D eigenvalue weighted by Gasteiger charge is 2.12. The van der Waals surface area contributed by atoms with E-state index in [4.69, 9.17) is 19.9 Å². The molecule has 0 fully saturated rings. The molecule has 0 aromatic rings. The predicted octanol–water partition coefficient (Wildman–Crippen LogP) is -0.0309. The molecule has 68 valence electrons. The Morgan fingerprint density at radius 2 is 1.64 bits per heavy atom. The molecule has 0 aromatic heterocycles. The zero-order chi connectivity index (χ0) is 8.69. The Kier molecular flexibility index (Phi) is 6.45. The van der Waals surface area contributed by atoms with Crippen LogP contribution in [0.1, 0.15) is 6.42 Å². The fourth-order valence-corrected chi connectivity index (χ4v) is 0.792. The minimum Gasteiger partial charge on any atom is -0.380 e. The Morgan fingerprint density at radius 1 is 1.09 bits per heavy atom. The van der Waals surface area contributed by atoms with Gasteiger partial charge in [-0.1, -0.05) is 0 Å². The maximum Gasteiger partial charge on any atom is 0.159 e. The van der Waals surface area contributed by atoms with Crippen LogP contribution >= 0.6 is 0 Å². The van der Waals surface area contributed by atoms with E-state index in [1.54, 1.807) is 21.3 Å². The van der Waals surface area contributed by atoms with Crippen molar-refractivity contribution in [2.45, 2.75) is 18.8 Å². The zero-order valence-electron chi connectivity index (χ0n) is 7.37. The minimum absolute atomic E-state index is 0.0138. The van der Waals surface area contributed by atoms with E-state index in [1.165, 1.54) is 0 Å². The summed E-state index contributed by atoms with van der Waals surface area (Å²) in [7, 11) is 4.81. The van der Waals surface area contributed by atoms with Gasteiger partial charge >= 0.3 is 0 Å². The first-order valence-corrected chi connectivity index (χ1v) is 3.56. The molecule has 0 rings (SSSR count). The third-order valence-corrected chi connectivity index (χ3v) is 1.58. The van der Waals surface area contributed by atoms with Gasteiger partial charge in [-0.2, -0.15) is 0 Å². The summed E-state index contributed by atoms with van der Waals surface area (Å²) in [4.78, 5) is 0. The van der Waals surface area contributed by atoms with Crippen molar-refractivity contribution in [2.24, 2.45) is 5.73 Å². The number of ether oxygens (including phenoxy) is 3. The number of rotatable bonds is 6. The molecular formula is C7H17NO3. The van der Waals surface area contributed by atoms with Gasteiger partial charge in [-0.3, -0.25) is 0 Å². The fraction of sp³-hybridized carbons (Fsp3) is 1.00. The number of hydrogen-bond donors (Lipinski definition) is 1. The van der Waals surface area contributed by atoms with E-state index in [-0.39, 0.29) is 12.4 Å². The van der Waals surface area contributed by atoms with E-state index in [9.17, 15) is 0 Å². The molecule has 0 saturated carbocycles. The Balaban J connectivity index is 3.58. The second-order valence-corrected chi connectivity index (χ2v) is 2.23. The van der Waals surface area contributed by atoms with E-state index in [0.29, 0.717) is 13.0 Å². The van der Waals surface area contributed by atoms with E-state index >= 15 is 0 Å². The summed E-state index contributed by atoms with van der Waals surface area (Å²) in [5.74, 6) is 0. The smallest absolute Gasteiger partial charge is 0.159 e. The highest BCUT2D eigenvalue weighted by molar-refractivity contribution is 4.59. The van der Waals surface area contributed by atoms with E-state index in [2.05, 4.69) is 0 Å². The van der Waals surface area contributed by atoms with Crippen molar-refractivity contribution < 1.29 is 14.2 Å². The Bertz CT molecular complexity index is 71.8. The molecule has 11 heavy (non-hydrogen) atoms. The molecule has 0 aliphatic rings. The van der Waals surface area contributed by atoms with Gasteiger partial charge in [-0.15, -0.1) is 0 Å². The largest absolute Gasteiger partial charge is 0.380 e. The summed E-state index contributed by atoms with van der Waals surface area (Å²) in [6, 6.07) is 0. The van der Waals surface area contributed by atoms with Gasteiger partial charge in [-0.25, -0.2) is 0 Å². The molecule has 0 aliphatic heterocycles. The van der Waals surface area contributed by atoms with Gasteiger partial charge in [0.15, 0.2) is 6.29 Å². The lowest BCUT2D eigenvalue weighted by atomic mass is 10.2.